The summed E-state index contributed by atoms with van der Waals surface area (Å²) in [7, 11) is -3.56. The first-order valence-electron chi connectivity index (χ1n) is 11.3. The number of hydrogen-bond acceptors (Lipinski definition) is 5. The Labute approximate surface area is 184 Å². The van der Waals surface area contributed by atoms with E-state index < -0.39 is 16.1 Å². The first-order valence-corrected chi connectivity index (χ1v) is 12.7. The number of sulfonamides is 1. The zero-order chi connectivity index (χ0) is 22.0. The predicted octanol–water partition coefficient (Wildman–Crippen LogP) is 1.35. The fraction of sp³-hybridized carbons (Fsp3) is 0.636. The summed E-state index contributed by atoms with van der Waals surface area (Å²) in [4.78, 5) is 29.3. The van der Waals surface area contributed by atoms with Crippen molar-refractivity contribution in [1.82, 2.24) is 14.5 Å². The summed E-state index contributed by atoms with van der Waals surface area (Å²) in [6.07, 6.45) is 5.54. The average molecular weight is 449 g/mol. The number of rotatable bonds is 6. The van der Waals surface area contributed by atoms with Crippen LogP contribution in [-0.4, -0.2) is 74.7 Å². The molecule has 2 amide bonds. The molecule has 3 heterocycles. The summed E-state index contributed by atoms with van der Waals surface area (Å²) in [6.45, 7) is 6.02. The largest absolute Gasteiger partial charge is 0.353 e. The molecule has 0 spiro atoms. The number of benzene rings is 1. The molecule has 1 N–H and O–H groups in total. The van der Waals surface area contributed by atoms with Gasteiger partial charge in [0.2, 0.25) is 21.8 Å². The molecule has 8 nitrogen and oxygen atoms in total. The van der Waals surface area contributed by atoms with Crippen LogP contribution in [0.25, 0.3) is 0 Å². The molecular formula is C22H32N4O4S. The second kappa shape index (κ2) is 9.26. The minimum Gasteiger partial charge on any atom is -0.353 e. The molecule has 1 unspecified atom stereocenters. The number of fused-ring (bicyclic) bond motifs is 1. The maximum absolute atomic E-state index is 13.0. The van der Waals surface area contributed by atoms with E-state index in [9.17, 15) is 18.0 Å². The highest BCUT2D eigenvalue weighted by Gasteiger charge is 2.38. The van der Waals surface area contributed by atoms with E-state index in [0.717, 1.165) is 44.5 Å². The maximum Gasteiger partial charge on any atom is 0.243 e. The van der Waals surface area contributed by atoms with Gasteiger partial charge >= 0.3 is 0 Å². The molecule has 4 rings (SSSR count). The van der Waals surface area contributed by atoms with Crippen molar-refractivity contribution in [3.8, 4) is 0 Å². The third kappa shape index (κ3) is 4.63. The Balaban J connectivity index is 1.48. The summed E-state index contributed by atoms with van der Waals surface area (Å²) < 4.78 is 27.6. The van der Waals surface area contributed by atoms with Crippen molar-refractivity contribution in [3.05, 3.63) is 23.8 Å². The average Bonchev–Trinajstić information content (AvgIpc) is 3.41. The highest BCUT2D eigenvalue weighted by molar-refractivity contribution is 7.89. The van der Waals surface area contributed by atoms with Gasteiger partial charge in [-0.1, -0.05) is 6.42 Å². The smallest absolute Gasteiger partial charge is 0.243 e. The molecule has 0 radical (unpaired) electrons. The Bertz CT molecular complexity index is 937. The van der Waals surface area contributed by atoms with E-state index in [-0.39, 0.29) is 16.7 Å². The molecule has 0 aromatic heterocycles. The van der Waals surface area contributed by atoms with Gasteiger partial charge in [-0.2, -0.15) is 4.31 Å². The quantitative estimate of drug-likeness (QED) is 0.710. The summed E-state index contributed by atoms with van der Waals surface area (Å²) in [5.74, 6) is -0.406. The van der Waals surface area contributed by atoms with E-state index in [1.807, 2.05) is 0 Å². The highest BCUT2D eigenvalue weighted by Crippen LogP contribution is 2.35. The number of piperidine rings is 1. The van der Waals surface area contributed by atoms with Crippen LogP contribution >= 0.6 is 0 Å². The van der Waals surface area contributed by atoms with Crippen molar-refractivity contribution >= 4 is 27.5 Å². The second-order valence-electron chi connectivity index (χ2n) is 8.70. The molecule has 170 valence electrons. The Morgan fingerprint density at radius 3 is 2.39 bits per heavy atom. The molecule has 3 aliphatic rings. The lowest BCUT2D eigenvalue weighted by molar-refractivity contribution is -0.125. The van der Waals surface area contributed by atoms with Crippen molar-refractivity contribution in [1.29, 1.82) is 0 Å². The number of carbonyl (C=O) groups excluding carboxylic acids is 2. The van der Waals surface area contributed by atoms with Crippen LogP contribution in [0.4, 0.5) is 5.69 Å². The van der Waals surface area contributed by atoms with Gasteiger partial charge in [-0.15, -0.1) is 0 Å². The Hall–Kier alpha value is -1.97. The van der Waals surface area contributed by atoms with Gasteiger partial charge in [0, 0.05) is 45.2 Å². The topological polar surface area (TPSA) is 90.0 Å². The van der Waals surface area contributed by atoms with Crippen LogP contribution in [0.15, 0.2) is 23.1 Å². The Morgan fingerprint density at radius 2 is 1.71 bits per heavy atom. The molecule has 1 atom stereocenters. The summed E-state index contributed by atoms with van der Waals surface area (Å²) in [5, 5.41) is 2.97. The van der Waals surface area contributed by atoms with E-state index in [1.54, 1.807) is 22.5 Å². The van der Waals surface area contributed by atoms with Gasteiger partial charge in [0.1, 0.15) is 6.04 Å². The molecule has 1 aromatic carbocycles. The third-order valence-electron chi connectivity index (χ3n) is 6.56. The molecule has 0 aliphatic carbocycles. The van der Waals surface area contributed by atoms with Gasteiger partial charge in [-0.05, 0) is 62.5 Å². The van der Waals surface area contributed by atoms with Crippen LogP contribution in [0.2, 0.25) is 0 Å². The fourth-order valence-corrected chi connectivity index (χ4v) is 6.47. The minimum absolute atomic E-state index is 0.189. The first kappa shape index (κ1) is 22.2. The highest BCUT2D eigenvalue weighted by atomic mass is 32.2. The van der Waals surface area contributed by atoms with Crippen LogP contribution < -0.4 is 10.2 Å². The number of nitrogens with zero attached hydrogens (tertiary/aromatic N) is 3. The van der Waals surface area contributed by atoms with Crippen LogP contribution in [0.5, 0.6) is 0 Å². The van der Waals surface area contributed by atoms with Crippen LogP contribution in [-0.2, 0) is 26.0 Å². The van der Waals surface area contributed by atoms with E-state index >= 15 is 0 Å². The van der Waals surface area contributed by atoms with E-state index in [4.69, 9.17) is 0 Å². The predicted molar refractivity (Wildman–Crippen MR) is 118 cm³/mol. The normalized spacial score (nSPS) is 22.5. The SMILES string of the molecule is CC(=O)N1c2ccc(S(=O)(=O)N3CCCCC3)cc2CC1C(=O)NCCN1CCCC1. The molecule has 1 aromatic rings. The standard InChI is InChI=1S/C22H32N4O4S/c1-17(27)26-20-8-7-19(31(29,30)25-12-3-2-4-13-25)15-18(20)16-21(26)22(28)23-9-14-24-10-5-6-11-24/h7-8,15,21H,2-6,9-14,16H2,1H3,(H,23,28). The van der Waals surface area contributed by atoms with Crippen LogP contribution in [0.1, 0.15) is 44.6 Å². The minimum atomic E-state index is -3.56. The lowest BCUT2D eigenvalue weighted by Gasteiger charge is -2.26. The molecule has 2 saturated heterocycles. The van der Waals surface area contributed by atoms with E-state index in [0.29, 0.717) is 31.7 Å². The van der Waals surface area contributed by atoms with Gasteiger partial charge < -0.3 is 10.2 Å². The Morgan fingerprint density at radius 1 is 1.03 bits per heavy atom. The van der Waals surface area contributed by atoms with Crippen LogP contribution in [0, 0.1) is 0 Å². The fourth-order valence-electron chi connectivity index (χ4n) is 4.90. The number of carbonyl (C=O) groups is 2. The first-order chi connectivity index (χ1) is 14.9. The molecular weight excluding hydrogens is 416 g/mol. The summed E-state index contributed by atoms with van der Waals surface area (Å²) >= 11 is 0. The summed E-state index contributed by atoms with van der Waals surface area (Å²) in [5.41, 5.74) is 1.36. The molecule has 2 fully saturated rings. The van der Waals surface area contributed by atoms with Gasteiger partial charge in [0.05, 0.1) is 4.90 Å². The second-order valence-corrected chi connectivity index (χ2v) is 10.6. The molecule has 9 heteroatoms. The number of nitrogens with one attached hydrogen (secondary N) is 1. The van der Waals surface area contributed by atoms with Crippen molar-refractivity contribution in [2.45, 2.75) is 56.4 Å². The van der Waals surface area contributed by atoms with Crippen molar-refractivity contribution in [2.24, 2.45) is 0 Å². The lowest BCUT2D eigenvalue weighted by Crippen LogP contribution is -2.48. The van der Waals surface area contributed by atoms with Crippen molar-refractivity contribution < 1.29 is 18.0 Å². The zero-order valence-corrected chi connectivity index (χ0v) is 19.0. The third-order valence-corrected chi connectivity index (χ3v) is 8.45. The monoisotopic (exact) mass is 448 g/mol. The van der Waals surface area contributed by atoms with Gasteiger partial charge in [0.25, 0.3) is 0 Å². The Kier molecular flexibility index (Phi) is 6.64. The van der Waals surface area contributed by atoms with Crippen LogP contribution in [0.3, 0.4) is 0 Å². The van der Waals surface area contributed by atoms with Gasteiger partial charge in [0.15, 0.2) is 0 Å². The van der Waals surface area contributed by atoms with E-state index in [1.165, 1.54) is 24.7 Å². The summed E-state index contributed by atoms with van der Waals surface area (Å²) in [6, 6.07) is 4.24. The molecule has 0 bridgehead atoms. The van der Waals surface area contributed by atoms with Crippen molar-refractivity contribution in [3.63, 3.8) is 0 Å². The number of hydrogen-bond donors (Lipinski definition) is 1. The number of amides is 2. The molecule has 0 saturated carbocycles. The van der Waals surface area contributed by atoms with Gasteiger partial charge in [-0.3, -0.25) is 14.5 Å². The van der Waals surface area contributed by atoms with Crippen molar-refractivity contribution in [2.75, 3.05) is 44.2 Å². The number of likely N-dealkylation sites (tertiary alicyclic amines) is 1. The lowest BCUT2D eigenvalue weighted by atomic mass is 10.1. The number of anilines is 1. The maximum atomic E-state index is 13.0. The van der Waals surface area contributed by atoms with Gasteiger partial charge in [-0.25, -0.2) is 8.42 Å². The zero-order valence-electron chi connectivity index (χ0n) is 18.2. The van der Waals surface area contributed by atoms with E-state index in [2.05, 4.69) is 10.2 Å². The molecule has 31 heavy (non-hydrogen) atoms. The molecule has 3 aliphatic heterocycles.